The minimum atomic E-state index is -0.832. The predicted octanol–water partition coefficient (Wildman–Crippen LogP) is 4.76. The van der Waals surface area contributed by atoms with Crippen LogP contribution in [0.5, 0.6) is 0 Å². The van der Waals surface area contributed by atoms with Crippen molar-refractivity contribution in [2.75, 3.05) is 0 Å². The molecule has 0 radical (unpaired) electrons. The van der Waals surface area contributed by atoms with E-state index in [0.29, 0.717) is 35.2 Å². The van der Waals surface area contributed by atoms with E-state index in [4.69, 9.17) is 16.3 Å². The molecule has 174 valence electrons. The number of carbonyl (C=O) groups is 2. The Morgan fingerprint density at radius 1 is 1.33 bits per heavy atom. The average molecular weight is 473 g/mol. The molecule has 1 fully saturated rings. The zero-order valence-corrected chi connectivity index (χ0v) is 19.3. The van der Waals surface area contributed by atoms with Gasteiger partial charge in [-0.1, -0.05) is 11.6 Å². The van der Waals surface area contributed by atoms with Gasteiger partial charge in [0.25, 0.3) is 5.91 Å². The summed E-state index contributed by atoms with van der Waals surface area (Å²) in [5, 5.41) is 7.78. The Bertz CT molecular complexity index is 1080. The number of nitrogens with zero attached hydrogens (tertiary/aromatic N) is 2. The van der Waals surface area contributed by atoms with Crippen LogP contribution in [0.1, 0.15) is 60.6 Å². The van der Waals surface area contributed by atoms with E-state index in [9.17, 15) is 14.0 Å². The molecule has 1 aliphatic heterocycles. The highest BCUT2D eigenvalue weighted by Gasteiger charge is 2.46. The summed E-state index contributed by atoms with van der Waals surface area (Å²) in [6.07, 6.45) is 4.51. The summed E-state index contributed by atoms with van der Waals surface area (Å²) in [6, 6.07) is 7.71. The maximum atomic E-state index is 13.6. The Hall–Kier alpha value is -3.00. The fourth-order valence-electron chi connectivity index (χ4n) is 4.74. The molecule has 0 saturated heterocycles. The molecule has 2 aromatic rings. The van der Waals surface area contributed by atoms with E-state index in [1.54, 1.807) is 18.2 Å². The lowest BCUT2D eigenvalue weighted by Gasteiger charge is -2.42. The standard InChI is InChI=1S/C24H26ClFN4O3/c1-14-11-18(26)4-5-19(14)21-24(33-23(32)30-29-21)9-7-16(8-10-24)12-15(2)28-22(31)20-6-3-17(25)13-27-20/h3-6,11,13,15-16H,7-10,12H2,1-2H3,(H,28,31)(H,30,32)/t15-,16?,24?/m0/s1. The van der Waals surface area contributed by atoms with Gasteiger partial charge in [0.05, 0.1) is 5.02 Å². The van der Waals surface area contributed by atoms with Gasteiger partial charge in [-0.25, -0.2) is 19.6 Å². The van der Waals surface area contributed by atoms with Crippen LogP contribution >= 0.6 is 11.6 Å². The summed E-state index contributed by atoms with van der Waals surface area (Å²) in [7, 11) is 0. The number of aromatic nitrogens is 1. The molecule has 0 unspecified atom stereocenters. The molecule has 1 atom stereocenters. The number of rotatable bonds is 5. The molecule has 2 N–H and O–H groups in total. The number of pyridine rings is 1. The Kier molecular flexibility index (Phi) is 6.65. The predicted molar refractivity (Wildman–Crippen MR) is 123 cm³/mol. The molecule has 7 nitrogen and oxygen atoms in total. The van der Waals surface area contributed by atoms with Crippen molar-refractivity contribution in [3.05, 3.63) is 64.2 Å². The van der Waals surface area contributed by atoms with E-state index in [1.165, 1.54) is 18.3 Å². The van der Waals surface area contributed by atoms with Gasteiger partial charge in [0.1, 0.15) is 17.2 Å². The van der Waals surface area contributed by atoms with Crippen LogP contribution < -0.4 is 10.7 Å². The number of ether oxygens (including phenoxy) is 1. The molecule has 1 aromatic carbocycles. The quantitative estimate of drug-likeness (QED) is 0.655. The van der Waals surface area contributed by atoms with E-state index in [1.807, 2.05) is 13.8 Å². The molecule has 1 aliphatic carbocycles. The molecule has 2 heterocycles. The Morgan fingerprint density at radius 2 is 2.09 bits per heavy atom. The lowest BCUT2D eigenvalue weighted by Crippen LogP contribution is -2.52. The molecule has 4 rings (SSSR count). The molecule has 0 bridgehead atoms. The van der Waals surface area contributed by atoms with E-state index in [2.05, 4.69) is 20.8 Å². The van der Waals surface area contributed by atoms with E-state index >= 15 is 0 Å². The monoisotopic (exact) mass is 472 g/mol. The normalized spacial score (nSPS) is 23.3. The second kappa shape index (κ2) is 9.47. The van der Waals surface area contributed by atoms with Crippen molar-refractivity contribution in [3.8, 4) is 0 Å². The lowest BCUT2D eigenvalue weighted by atomic mass is 9.72. The maximum absolute atomic E-state index is 13.6. The molecule has 2 amide bonds. The largest absolute Gasteiger partial charge is 0.435 e. The van der Waals surface area contributed by atoms with E-state index < -0.39 is 11.7 Å². The first-order valence-corrected chi connectivity index (χ1v) is 11.4. The van der Waals surface area contributed by atoms with Gasteiger partial charge in [0, 0.05) is 17.8 Å². The first-order chi connectivity index (χ1) is 15.8. The minimum absolute atomic E-state index is 0.0444. The number of hydrogen-bond donors (Lipinski definition) is 2. The maximum Gasteiger partial charge on any atom is 0.428 e. The van der Waals surface area contributed by atoms with Gasteiger partial charge >= 0.3 is 6.09 Å². The van der Waals surface area contributed by atoms with Crippen LogP contribution in [0.25, 0.3) is 0 Å². The Labute approximate surface area is 196 Å². The molecule has 2 aliphatic rings. The fourth-order valence-corrected chi connectivity index (χ4v) is 4.85. The van der Waals surface area contributed by atoms with Crippen molar-refractivity contribution in [3.63, 3.8) is 0 Å². The third-order valence-corrected chi connectivity index (χ3v) is 6.58. The number of amides is 2. The van der Waals surface area contributed by atoms with Crippen molar-refractivity contribution in [1.29, 1.82) is 0 Å². The average Bonchev–Trinajstić information content (AvgIpc) is 2.77. The fraction of sp³-hybridized carbons (Fsp3) is 0.417. The second-order valence-electron chi connectivity index (χ2n) is 8.83. The van der Waals surface area contributed by atoms with Crippen LogP contribution in [0.4, 0.5) is 9.18 Å². The third-order valence-electron chi connectivity index (χ3n) is 6.36. The van der Waals surface area contributed by atoms with Gasteiger partial charge in [0.2, 0.25) is 0 Å². The molecule has 9 heteroatoms. The number of hydrogen-bond acceptors (Lipinski definition) is 5. The summed E-state index contributed by atoms with van der Waals surface area (Å²) >= 11 is 5.83. The molecular formula is C24H26ClFN4O3. The number of nitrogens with one attached hydrogen (secondary N) is 2. The van der Waals surface area contributed by atoms with Crippen molar-refractivity contribution in [2.45, 2.75) is 57.6 Å². The highest BCUT2D eigenvalue weighted by molar-refractivity contribution is 6.30. The highest BCUT2D eigenvalue weighted by Crippen LogP contribution is 2.41. The van der Waals surface area contributed by atoms with Crippen molar-refractivity contribution in [1.82, 2.24) is 15.7 Å². The molecule has 1 spiro atoms. The SMILES string of the molecule is Cc1cc(F)ccc1C1=NNC(=O)OC12CCC(C[C@H](C)NC(=O)c1ccc(Cl)cn1)CC2. The van der Waals surface area contributed by atoms with Crippen LogP contribution in [-0.4, -0.2) is 34.3 Å². The van der Waals surface area contributed by atoms with Crippen molar-refractivity contribution in [2.24, 2.45) is 11.0 Å². The van der Waals surface area contributed by atoms with E-state index in [-0.39, 0.29) is 17.8 Å². The zero-order chi connectivity index (χ0) is 23.6. The number of halogens is 2. The van der Waals surface area contributed by atoms with Gasteiger partial charge < -0.3 is 10.1 Å². The number of hydrazone groups is 1. The first kappa shape index (κ1) is 23.2. The molecular weight excluding hydrogens is 447 g/mol. The van der Waals surface area contributed by atoms with Gasteiger partial charge in [-0.05, 0) is 87.8 Å². The second-order valence-corrected chi connectivity index (χ2v) is 9.27. The number of aryl methyl sites for hydroxylation is 1. The Balaban J connectivity index is 1.40. The highest BCUT2D eigenvalue weighted by atomic mass is 35.5. The topological polar surface area (TPSA) is 92.7 Å². The first-order valence-electron chi connectivity index (χ1n) is 11.0. The van der Waals surface area contributed by atoms with Crippen molar-refractivity contribution < 1.29 is 18.7 Å². The Morgan fingerprint density at radius 3 is 2.76 bits per heavy atom. The molecule has 33 heavy (non-hydrogen) atoms. The van der Waals surface area contributed by atoms with Gasteiger partial charge in [-0.3, -0.25) is 4.79 Å². The minimum Gasteiger partial charge on any atom is -0.435 e. The molecule has 1 saturated carbocycles. The van der Waals surface area contributed by atoms with Crippen LogP contribution in [0.15, 0.2) is 41.6 Å². The smallest absolute Gasteiger partial charge is 0.428 e. The van der Waals surface area contributed by atoms with Crippen LogP contribution in [0, 0.1) is 18.7 Å². The van der Waals surface area contributed by atoms with Gasteiger partial charge in [-0.2, -0.15) is 5.10 Å². The zero-order valence-electron chi connectivity index (χ0n) is 18.5. The van der Waals surface area contributed by atoms with Crippen LogP contribution in [0.3, 0.4) is 0 Å². The number of benzene rings is 1. The van der Waals surface area contributed by atoms with Gasteiger partial charge in [-0.15, -0.1) is 0 Å². The molecule has 1 aromatic heterocycles. The van der Waals surface area contributed by atoms with E-state index in [0.717, 1.165) is 30.4 Å². The summed E-state index contributed by atoms with van der Waals surface area (Å²) in [6.45, 7) is 3.79. The summed E-state index contributed by atoms with van der Waals surface area (Å²) in [5.74, 6) is -0.201. The van der Waals surface area contributed by atoms with Gasteiger partial charge in [0.15, 0.2) is 5.60 Å². The lowest BCUT2D eigenvalue weighted by molar-refractivity contribution is 0.0154. The third kappa shape index (κ3) is 5.16. The van der Waals surface area contributed by atoms with Crippen molar-refractivity contribution >= 4 is 29.3 Å². The van der Waals surface area contributed by atoms with Crippen LogP contribution in [-0.2, 0) is 4.74 Å². The van der Waals surface area contributed by atoms with Crippen LogP contribution in [0.2, 0.25) is 5.02 Å². The summed E-state index contributed by atoms with van der Waals surface area (Å²) in [4.78, 5) is 28.5. The summed E-state index contributed by atoms with van der Waals surface area (Å²) in [5.41, 5.74) is 4.03. The number of carbonyl (C=O) groups excluding carboxylic acids is 2. The summed E-state index contributed by atoms with van der Waals surface area (Å²) < 4.78 is 19.4.